The van der Waals surface area contributed by atoms with Crippen LogP contribution in [-0.4, -0.2) is 45.2 Å². The Balaban J connectivity index is 2.21. The third-order valence-electron chi connectivity index (χ3n) is 3.14. The van der Waals surface area contributed by atoms with Gasteiger partial charge in [0, 0.05) is 13.0 Å². The van der Waals surface area contributed by atoms with Crippen molar-refractivity contribution in [2.75, 3.05) is 18.0 Å². The Hall–Kier alpha value is -1.44. The third kappa shape index (κ3) is 2.12. The number of aromatic nitrogens is 3. The highest BCUT2D eigenvalue weighted by atomic mass is 19.4. The second-order valence-corrected chi connectivity index (χ2v) is 4.48. The molecule has 5 nitrogen and oxygen atoms in total. The van der Waals surface area contributed by atoms with Crippen LogP contribution in [0.5, 0.6) is 0 Å². The van der Waals surface area contributed by atoms with Gasteiger partial charge in [-0.15, -0.1) is 5.10 Å². The molecule has 0 spiro atoms. The molecule has 0 saturated carbocycles. The normalized spacial score (nSPS) is 24.7. The Bertz CT molecular complexity index is 465. The van der Waals surface area contributed by atoms with E-state index in [-0.39, 0.29) is 18.9 Å². The number of alkyl halides is 3. The molecule has 0 bridgehead atoms. The Morgan fingerprint density at radius 1 is 1.22 bits per heavy atom. The predicted octanol–water partition coefficient (Wildman–Crippen LogP) is 0.992. The molecule has 18 heavy (non-hydrogen) atoms. The van der Waals surface area contributed by atoms with Crippen molar-refractivity contribution in [1.29, 1.82) is 0 Å². The number of hydrogen-bond donors (Lipinski definition) is 1. The van der Waals surface area contributed by atoms with E-state index in [1.165, 1.54) is 4.90 Å². The minimum absolute atomic E-state index is 0.0557. The van der Waals surface area contributed by atoms with Gasteiger partial charge in [0.15, 0.2) is 5.60 Å². The minimum atomic E-state index is -4.64. The molecule has 0 aliphatic carbocycles. The maximum atomic E-state index is 12.6. The first-order chi connectivity index (χ1) is 8.23. The zero-order chi connectivity index (χ0) is 13.6. The lowest BCUT2D eigenvalue weighted by atomic mass is 10.0. The molecule has 8 heteroatoms. The molecule has 0 aromatic carbocycles. The summed E-state index contributed by atoms with van der Waals surface area (Å²) in [5.74, 6) is 0.123. The van der Waals surface area contributed by atoms with Gasteiger partial charge in [0.25, 0.3) is 0 Å². The van der Waals surface area contributed by atoms with E-state index in [4.69, 9.17) is 0 Å². The lowest BCUT2D eigenvalue weighted by molar-refractivity contribution is -0.250. The van der Waals surface area contributed by atoms with E-state index >= 15 is 0 Å². The van der Waals surface area contributed by atoms with Crippen molar-refractivity contribution < 1.29 is 18.3 Å². The van der Waals surface area contributed by atoms with Gasteiger partial charge in [-0.2, -0.15) is 18.3 Å². The molecule has 1 N–H and O–H groups in total. The van der Waals surface area contributed by atoms with Crippen LogP contribution in [0.15, 0.2) is 0 Å². The maximum absolute atomic E-state index is 12.6. The first-order valence-electron chi connectivity index (χ1n) is 5.45. The second kappa shape index (κ2) is 4.04. The topological polar surface area (TPSA) is 62.1 Å². The standard InChI is InChI=1S/C10H13F3N4O/c1-6-7(2)15-16-8(14-6)17-4-3-9(18,5-17)10(11,12)13/h18H,3-5H2,1-2H3. The lowest BCUT2D eigenvalue weighted by Gasteiger charge is -2.25. The van der Waals surface area contributed by atoms with E-state index in [9.17, 15) is 18.3 Å². The summed E-state index contributed by atoms with van der Waals surface area (Å²) >= 11 is 0. The highest BCUT2D eigenvalue weighted by Gasteiger charge is 2.57. The smallest absolute Gasteiger partial charge is 0.379 e. The molecule has 1 aliphatic rings. The van der Waals surface area contributed by atoms with Crippen molar-refractivity contribution >= 4 is 5.95 Å². The van der Waals surface area contributed by atoms with Crippen LogP contribution < -0.4 is 4.90 Å². The van der Waals surface area contributed by atoms with Crippen LogP contribution in [0.4, 0.5) is 19.1 Å². The molecule has 1 fully saturated rings. The van der Waals surface area contributed by atoms with Crippen molar-refractivity contribution in [3.63, 3.8) is 0 Å². The first-order valence-corrected chi connectivity index (χ1v) is 5.45. The second-order valence-electron chi connectivity index (χ2n) is 4.48. The van der Waals surface area contributed by atoms with Crippen molar-refractivity contribution in [2.24, 2.45) is 0 Å². The molecule has 1 aromatic rings. The lowest BCUT2D eigenvalue weighted by Crippen LogP contribution is -2.47. The number of halogens is 3. The summed E-state index contributed by atoms with van der Waals surface area (Å²) in [4.78, 5) is 5.37. The Morgan fingerprint density at radius 2 is 1.89 bits per heavy atom. The summed E-state index contributed by atoms with van der Waals surface area (Å²) < 4.78 is 37.9. The molecule has 0 amide bonds. The van der Waals surface area contributed by atoms with Gasteiger partial charge in [-0.3, -0.25) is 0 Å². The van der Waals surface area contributed by atoms with Gasteiger partial charge < -0.3 is 10.0 Å². The fraction of sp³-hybridized carbons (Fsp3) is 0.700. The molecular formula is C10H13F3N4O. The Labute approximate surface area is 102 Å². The largest absolute Gasteiger partial charge is 0.419 e. The monoisotopic (exact) mass is 262 g/mol. The summed E-state index contributed by atoms with van der Waals surface area (Å²) in [5.41, 5.74) is -1.44. The van der Waals surface area contributed by atoms with Crippen molar-refractivity contribution in [3.05, 3.63) is 11.4 Å². The summed E-state index contributed by atoms with van der Waals surface area (Å²) in [6.45, 7) is 2.93. The number of anilines is 1. The number of β-amino-alcohol motifs (C(OH)–C–C–N with tert-alkyl or cyclic N) is 1. The van der Waals surface area contributed by atoms with Crippen LogP contribution in [-0.2, 0) is 0 Å². The number of rotatable bonds is 1. The van der Waals surface area contributed by atoms with Gasteiger partial charge in [-0.05, 0) is 13.8 Å². The predicted molar refractivity (Wildman–Crippen MR) is 57.1 cm³/mol. The molecule has 1 atom stereocenters. The van der Waals surface area contributed by atoms with E-state index in [1.54, 1.807) is 13.8 Å². The van der Waals surface area contributed by atoms with E-state index in [1.807, 2.05) is 0 Å². The maximum Gasteiger partial charge on any atom is 0.419 e. The van der Waals surface area contributed by atoms with E-state index in [0.29, 0.717) is 11.4 Å². The van der Waals surface area contributed by atoms with Gasteiger partial charge >= 0.3 is 6.18 Å². The Morgan fingerprint density at radius 3 is 2.39 bits per heavy atom. The molecule has 1 aliphatic heterocycles. The van der Waals surface area contributed by atoms with E-state index < -0.39 is 18.3 Å². The zero-order valence-corrected chi connectivity index (χ0v) is 9.99. The molecule has 2 heterocycles. The highest BCUT2D eigenvalue weighted by molar-refractivity contribution is 5.33. The van der Waals surface area contributed by atoms with E-state index in [0.717, 1.165) is 0 Å². The summed E-state index contributed by atoms with van der Waals surface area (Å²) in [5, 5.41) is 17.1. The van der Waals surface area contributed by atoms with Crippen molar-refractivity contribution in [2.45, 2.75) is 32.0 Å². The highest BCUT2D eigenvalue weighted by Crippen LogP contribution is 2.38. The molecule has 1 unspecified atom stereocenters. The van der Waals surface area contributed by atoms with Crippen LogP contribution in [0.1, 0.15) is 17.8 Å². The average molecular weight is 262 g/mol. The van der Waals surface area contributed by atoms with Crippen LogP contribution in [0.3, 0.4) is 0 Å². The molecule has 1 aromatic heterocycles. The van der Waals surface area contributed by atoms with Gasteiger partial charge in [0.2, 0.25) is 5.95 Å². The summed E-state index contributed by atoms with van der Waals surface area (Å²) in [6.07, 6.45) is -5.03. The quantitative estimate of drug-likeness (QED) is 0.817. The van der Waals surface area contributed by atoms with Gasteiger partial charge in [-0.25, -0.2) is 4.98 Å². The fourth-order valence-electron chi connectivity index (χ4n) is 1.78. The van der Waals surface area contributed by atoms with Crippen molar-refractivity contribution in [3.8, 4) is 0 Å². The minimum Gasteiger partial charge on any atom is -0.379 e. The number of aryl methyl sites for hydroxylation is 2. The van der Waals surface area contributed by atoms with Gasteiger partial charge in [0.1, 0.15) is 0 Å². The third-order valence-corrected chi connectivity index (χ3v) is 3.14. The van der Waals surface area contributed by atoms with Crippen LogP contribution in [0, 0.1) is 13.8 Å². The molecule has 1 saturated heterocycles. The zero-order valence-electron chi connectivity index (χ0n) is 9.99. The van der Waals surface area contributed by atoms with Crippen LogP contribution >= 0.6 is 0 Å². The van der Waals surface area contributed by atoms with Gasteiger partial charge in [-0.1, -0.05) is 0 Å². The number of aliphatic hydroxyl groups is 1. The SMILES string of the molecule is Cc1nnc(N2CCC(O)(C(F)(F)F)C2)nc1C. The fourth-order valence-corrected chi connectivity index (χ4v) is 1.78. The number of nitrogens with zero attached hydrogens (tertiary/aromatic N) is 4. The van der Waals surface area contributed by atoms with Crippen LogP contribution in [0.25, 0.3) is 0 Å². The van der Waals surface area contributed by atoms with Gasteiger partial charge in [0.05, 0.1) is 17.9 Å². The van der Waals surface area contributed by atoms with E-state index in [2.05, 4.69) is 15.2 Å². The number of hydrogen-bond acceptors (Lipinski definition) is 5. The first kappa shape index (κ1) is 13.0. The molecule has 2 rings (SSSR count). The summed E-state index contributed by atoms with van der Waals surface area (Å²) in [6, 6.07) is 0. The average Bonchev–Trinajstić information content (AvgIpc) is 2.66. The van der Waals surface area contributed by atoms with Crippen LogP contribution in [0.2, 0.25) is 0 Å². The summed E-state index contributed by atoms with van der Waals surface area (Å²) in [7, 11) is 0. The van der Waals surface area contributed by atoms with Crippen molar-refractivity contribution in [1.82, 2.24) is 15.2 Å². The molecular weight excluding hydrogens is 249 g/mol. The molecule has 100 valence electrons. The Kier molecular flexibility index (Phi) is 2.92. The molecule has 0 radical (unpaired) electrons.